The topological polar surface area (TPSA) is 41.4 Å². The molecule has 1 aliphatic heterocycles. The second kappa shape index (κ2) is 8.74. The number of amides is 1. The Morgan fingerprint density at radius 3 is 2.58 bits per heavy atom. The van der Waals surface area contributed by atoms with Gasteiger partial charge in [0.1, 0.15) is 0 Å². The Morgan fingerprint density at radius 2 is 1.96 bits per heavy atom. The van der Waals surface area contributed by atoms with E-state index in [1.165, 1.54) is 0 Å². The maximum absolute atomic E-state index is 12.4. The van der Waals surface area contributed by atoms with Gasteiger partial charge < -0.3 is 4.90 Å². The van der Waals surface area contributed by atoms with Gasteiger partial charge in [-0.1, -0.05) is 29.3 Å². The standard InChI is InChI=1S/C18H21BrCl2N4O/c1-13-16(19)12-25(22-13)5-4-18(26)24-8-6-23(7-9-24)11-14-2-3-15(20)10-17(14)21/h2-3,10,12H,4-9,11H2,1H3. The molecule has 2 heterocycles. The number of benzene rings is 1. The molecule has 1 fully saturated rings. The summed E-state index contributed by atoms with van der Waals surface area (Å²) in [5, 5.41) is 5.71. The monoisotopic (exact) mass is 458 g/mol. The number of aromatic nitrogens is 2. The molecule has 1 aromatic carbocycles. The Labute approximate surface area is 172 Å². The highest BCUT2D eigenvalue weighted by molar-refractivity contribution is 9.10. The zero-order valence-electron chi connectivity index (χ0n) is 14.6. The minimum absolute atomic E-state index is 0.179. The minimum atomic E-state index is 0.179. The lowest BCUT2D eigenvalue weighted by molar-refractivity contribution is -0.133. The van der Waals surface area contributed by atoms with Crippen LogP contribution >= 0.6 is 39.1 Å². The molecule has 2 aromatic rings. The molecule has 0 atom stereocenters. The fourth-order valence-corrected chi connectivity index (χ4v) is 3.81. The van der Waals surface area contributed by atoms with Gasteiger partial charge in [0.05, 0.1) is 10.2 Å². The fourth-order valence-electron chi connectivity index (χ4n) is 3.02. The van der Waals surface area contributed by atoms with Gasteiger partial charge >= 0.3 is 0 Å². The molecule has 0 aliphatic carbocycles. The van der Waals surface area contributed by atoms with Gasteiger partial charge in [0.2, 0.25) is 5.91 Å². The quantitative estimate of drug-likeness (QED) is 0.678. The molecule has 1 saturated heterocycles. The summed E-state index contributed by atoms with van der Waals surface area (Å²) in [5.74, 6) is 0.179. The first-order valence-corrected chi connectivity index (χ1v) is 10.1. The van der Waals surface area contributed by atoms with Crippen molar-refractivity contribution in [3.8, 4) is 0 Å². The predicted octanol–water partition coefficient (Wildman–Crippen LogP) is 4.00. The van der Waals surface area contributed by atoms with Gasteiger partial charge in [-0.2, -0.15) is 5.10 Å². The largest absolute Gasteiger partial charge is 0.340 e. The first-order chi connectivity index (χ1) is 12.4. The van der Waals surface area contributed by atoms with Crippen LogP contribution in [0.5, 0.6) is 0 Å². The molecular weight excluding hydrogens is 439 g/mol. The van der Waals surface area contributed by atoms with Gasteiger partial charge in [0, 0.05) is 61.9 Å². The summed E-state index contributed by atoms with van der Waals surface area (Å²) in [4.78, 5) is 16.7. The van der Waals surface area contributed by atoms with E-state index in [9.17, 15) is 4.79 Å². The van der Waals surface area contributed by atoms with Crippen molar-refractivity contribution in [3.05, 3.63) is 50.2 Å². The summed E-state index contributed by atoms with van der Waals surface area (Å²) in [6.45, 7) is 6.49. The smallest absolute Gasteiger partial charge is 0.224 e. The number of hydrogen-bond acceptors (Lipinski definition) is 3. The zero-order chi connectivity index (χ0) is 18.7. The molecule has 1 amide bonds. The molecule has 1 aromatic heterocycles. The van der Waals surface area contributed by atoms with Crippen LogP contribution in [0.2, 0.25) is 10.0 Å². The number of piperazine rings is 1. The predicted molar refractivity (Wildman–Crippen MR) is 108 cm³/mol. The lowest BCUT2D eigenvalue weighted by Crippen LogP contribution is -2.48. The molecule has 0 spiro atoms. The van der Waals surface area contributed by atoms with Gasteiger partial charge in [-0.25, -0.2) is 0 Å². The van der Waals surface area contributed by atoms with E-state index in [1.54, 1.807) is 6.07 Å². The number of carbonyl (C=O) groups excluding carboxylic acids is 1. The van der Waals surface area contributed by atoms with E-state index in [0.717, 1.165) is 48.5 Å². The molecule has 1 aliphatic rings. The highest BCUT2D eigenvalue weighted by Crippen LogP contribution is 2.22. The Balaban J connectivity index is 1.46. The van der Waals surface area contributed by atoms with E-state index in [1.807, 2.05) is 34.8 Å². The Hall–Kier alpha value is -1.08. The van der Waals surface area contributed by atoms with Crippen molar-refractivity contribution in [2.24, 2.45) is 0 Å². The van der Waals surface area contributed by atoms with Gasteiger partial charge in [-0.3, -0.25) is 14.4 Å². The van der Waals surface area contributed by atoms with Crippen LogP contribution in [0.3, 0.4) is 0 Å². The summed E-state index contributed by atoms with van der Waals surface area (Å²) < 4.78 is 2.79. The van der Waals surface area contributed by atoms with Crippen LogP contribution in [0.25, 0.3) is 0 Å². The van der Waals surface area contributed by atoms with Gasteiger partial charge in [0.15, 0.2) is 0 Å². The summed E-state index contributed by atoms with van der Waals surface area (Å²) in [6, 6.07) is 5.60. The first kappa shape index (κ1) is 19.7. The second-order valence-electron chi connectivity index (χ2n) is 6.47. The fraction of sp³-hybridized carbons (Fsp3) is 0.444. The minimum Gasteiger partial charge on any atom is -0.340 e. The van der Waals surface area contributed by atoms with E-state index in [0.29, 0.717) is 23.0 Å². The third kappa shape index (κ3) is 5.00. The SMILES string of the molecule is Cc1nn(CCC(=O)N2CCN(Cc3ccc(Cl)cc3Cl)CC2)cc1Br. The molecule has 5 nitrogen and oxygen atoms in total. The normalized spacial score (nSPS) is 15.5. The van der Waals surface area contributed by atoms with Crippen LogP contribution in [0.4, 0.5) is 0 Å². The van der Waals surface area contributed by atoms with Crippen LogP contribution in [0.15, 0.2) is 28.9 Å². The van der Waals surface area contributed by atoms with E-state index >= 15 is 0 Å². The lowest BCUT2D eigenvalue weighted by Gasteiger charge is -2.35. The average molecular weight is 460 g/mol. The molecule has 0 saturated carbocycles. The lowest BCUT2D eigenvalue weighted by atomic mass is 10.2. The maximum Gasteiger partial charge on any atom is 0.224 e. The van der Waals surface area contributed by atoms with E-state index in [2.05, 4.69) is 25.9 Å². The van der Waals surface area contributed by atoms with Crippen molar-refractivity contribution >= 4 is 45.0 Å². The molecule has 0 radical (unpaired) electrons. The van der Waals surface area contributed by atoms with Crippen LogP contribution in [-0.2, 0) is 17.9 Å². The van der Waals surface area contributed by atoms with E-state index < -0.39 is 0 Å². The van der Waals surface area contributed by atoms with Crippen molar-refractivity contribution < 1.29 is 4.79 Å². The molecule has 0 N–H and O–H groups in total. The Kier molecular flexibility index (Phi) is 6.61. The molecule has 140 valence electrons. The summed E-state index contributed by atoms with van der Waals surface area (Å²) in [6.07, 6.45) is 2.38. The number of carbonyl (C=O) groups is 1. The van der Waals surface area contributed by atoms with Crippen molar-refractivity contribution in [1.82, 2.24) is 19.6 Å². The highest BCUT2D eigenvalue weighted by atomic mass is 79.9. The molecule has 0 bridgehead atoms. The van der Waals surface area contributed by atoms with Crippen molar-refractivity contribution in [2.45, 2.75) is 26.4 Å². The maximum atomic E-state index is 12.4. The van der Waals surface area contributed by atoms with E-state index in [-0.39, 0.29) is 5.91 Å². The highest BCUT2D eigenvalue weighted by Gasteiger charge is 2.21. The number of hydrogen-bond donors (Lipinski definition) is 0. The average Bonchev–Trinajstić information content (AvgIpc) is 2.94. The summed E-state index contributed by atoms with van der Waals surface area (Å²) >= 11 is 15.6. The van der Waals surface area contributed by atoms with Gasteiger partial charge in [-0.05, 0) is 40.5 Å². The Bertz CT molecular complexity index is 768. The third-order valence-electron chi connectivity index (χ3n) is 4.58. The number of halogens is 3. The van der Waals surface area contributed by atoms with Crippen LogP contribution in [-0.4, -0.2) is 51.7 Å². The van der Waals surface area contributed by atoms with Crippen molar-refractivity contribution in [2.75, 3.05) is 26.2 Å². The summed E-state index contributed by atoms with van der Waals surface area (Å²) in [5.41, 5.74) is 2.00. The number of nitrogens with zero attached hydrogens (tertiary/aromatic N) is 4. The molecular formula is C18H21BrCl2N4O. The van der Waals surface area contributed by atoms with Gasteiger partial charge in [-0.15, -0.1) is 0 Å². The molecule has 8 heteroatoms. The molecule has 3 rings (SSSR count). The van der Waals surface area contributed by atoms with Crippen LogP contribution in [0.1, 0.15) is 17.7 Å². The van der Waals surface area contributed by atoms with E-state index in [4.69, 9.17) is 23.2 Å². The zero-order valence-corrected chi connectivity index (χ0v) is 17.7. The number of aryl methyl sites for hydroxylation is 2. The molecule has 26 heavy (non-hydrogen) atoms. The van der Waals surface area contributed by atoms with Crippen LogP contribution in [0, 0.1) is 6.92 Å². The van der Waals surface area contributed by atoms with Crippen LogP contribution < -0.4 is 0 Å². The van der Waals surface area contributed by atoms with Gasteiger partial charge in [0.25, 0.3) is 0 Å². The third-order valence-corrected chi connectivity index (χ3v) is 5.94. The summed E-state index contributed by atoms with van der Waals surface area (Å²) in [7, 11) is 0. The Morgan fingerprint density at radius 1 is 1.23 bits per heavy atom. The number of rotatable bonds is 5. The first-order valence-electron chi connectivity index (χ1n) is 8.56. The van der Waals surface area contributed by atoms with Crippen molar-refractivity contribution in [3.63, 3.8) is 0 Å². The van der Waals surface area contributed by atoms with Crippen molar-refractivity contribution in [1.29, 1.82) is 0 Å². The molecule has 0 unspecified atom stereocenters. The second-order valence-corrected chi connectivity index (χ2v) is 8.17.